The molecule has 0 aliphatic rings. The molecule has 6 nitrogen and oxygen atoms in total. The summed E-state index contributed by atoms with van der Waals surface area (Å²) in [6.07, 6.45) is 0. The van der Waals surface area contributed by atoms with Crippen LogP contribution in [0.4, 0.5) is 5.69 Å². The van der Waals surface area contributed by atoms with Gasteiger partial charge in [-0.3, -0.25) is 4.79 Å². The van der Waals surface area contributed by atoms with Gasteiger partial charge >= 0.3 is 17.8 Å². The van der Waals surface area contributed by atoms with Crippen molar-refractivity contribution in [2.75, 3.05) is 19.5 Å². The molecule has 132 valence electrons. The minimum Gasteiger partial charge on any atom is -0.465 e. The Hall–Kier alpha value is -3.59. The lowest BCUT2D eigenvalue weighted by molar-refractivity contribution is -0.111. The van der Waals surface area contributed by atoms with Crippen molar-refractivity contribution >= 4 is 23.5 Å². The van der Waals surface area contributed by atoms with Crippen molar-refractivity contribution in [3.8, 4) is 11.8 Å². The van der Waals surface area contributed by atoms with Crippen LogP contribution in [0.2, 0.25) is 0 Å². The molecule has 0 unspecified atom stereocenters. The fourth-order valence-corrected chi connectivity index (χ4v) is 2.10. The summed E-state index contributed by atoms with van der Waals surface area (Å²) in [5.74, 6) is 3.31. The second kappa shape index (κ2) is 8.49. The van der Waals surface area contributed by atoms with Gasteiger partial charge in [0.05, 0.1) is 31.0 Å². The number of anilines is 1. The van der Waals surface area contributed by atoms with Crippen LogP contribution in [0.5, 0.6) is 0 Å². The van der Waals surface area contributed by atoms with Gasteiger partial charge in [0.2, 0.25) is 0 Å². The Bertz CT molecular complexity index is 904. The molecule has 26 heavy (non-hydrogen) atoms. The SMILES string of the molecule is COC(=O)c1ccc(C(=O)OC)c(NC(=O)C#Cc2ccc(C)cc2)c1. The van der Waals surface area contributed by atoms with Gasteiger partial charge in [0.15, 0.2) is 0 Å². The van der Waals surface area contributed by atoms with Crippen LogP contribution in [0.25, 0.3) is 0 Å². The Balaban J connectivity index is 2.28. The summed E-state index contributed by atoms with van der Waals surface area (Å²) < 4.78 is 9.33. The molecule has 0 spiro atoms. The number of benzene rings is 2. The molecule has 0 heterocycles. The molecule has 0 saturated heterocycles. The van der Waals surface area contributed by atoms with E-state index in [4.69, 9.17) is 0 Å². The molecule has 2 rings (SSSR count). The van der Waals surface area contributed by atoms with E-state index in [1.165, 1.54) is 32.4 Å². The summed E-state index contributed by atoms with van der Waals surface area (Å²) in [5.41, 5.74) is 2.17. The predicted octanol–water partition coefficient (Wildman–Crippen LogP) is 2.56. The summed E-state index contributed by atoms with van der Waals surface area (Å²) in [6, 6.07) is 11.5. The number of aryl methyl sites for hydroxylation is 1. The van der Waals surface area contributed by atoms with Crippen molar-refractivity contribution in [3.05, 3.63) is 64.7 Å². The van der Waals surface area contributed by atoms with Gasteiger partial charge in [-0.15, -0.1) is 0 Å². The van der Waals surface area contributed by atoms with E-state index in [0.717, 1.165) is 5.56 Å². The van der Waals surface area contributed by atoms with Crippen LogP contribution in [0.1, 0.15) is 31.8 Å². The third-order valence-electron chi connectivity index (χ3n) is 3.47. The largest absolute Gasteiger partial charge is 0.465 e. The van der Waals surface area contributed by atoms with E-state index < -0.39 is 17.8 Å². The Labute approximate surface area is 151 Å². The molecule has 0 radical (unpaired) electrons. The van der Waals surface area contributed by atoms with Crippen LogP contribution in [-0.4, -0.2) is 32.1 Å². The van der Waals surface area contributed by atoms with Crippen LogP contribution in [0, 0.1) is 18.8 Å². The van der Waals surface area contributed by atoms with Gasteiger partial charge in [-0.25, -0.2) is 9.59 Å². The zero-order valence-corrected chi connectivity index (χ0v) is 14.6. The van der Waals surface area contributed by atoms with Gasteiger partial charge in [0, 0.05) is 11.5 Å². The van der Waals surface area contributed by atoms with Gasteiger partial charge in [0.25, 0.3) is 0 Å². The lowest BCUT2D eigenvalue weighted by Gasteiger charge is -2.09. The number of hydrogen-bond acceptors (Lipinski definition) is 5. The van der Waals surface area contributed by atoms with E-state index in [-0.39, 0.29) is 16.8 Å². The number of nitrogens with one attached hydrogen (secondary N) is 1. The first kappa shape index (κ1) is 18.7. The number of ether oxygens (including phenoxy) is 2. The highest BCUT2D eigenvalue weighted by Gasteiger charge is 2.16. The average molecular weight is 351 g/mol. The van der Waals surface area contributed by atoms with Crippen molar-refractivity contribution < 1.29 is 23.9 Å². The second-order valence-electron chi connectivity index (χ2n) is 5.31. The fraction of sp³-hybridized carbons (Fsp3) is 0.150. The molecular formula is C20H17NO5. The summed E-state index contributed by atoms with van der Waals surface area (Å²) >= 11 is 0. The Morgan fingerprint density at radius 3 is 2.19 bits per heavy atom. The first-order valence-corrected chi connectivity index (χ1v) is 7.65. The number of carbonyl (C=O) groups is 3. The van der Waals surface area contributed by atoms with E-state index >= 15 is 0 Å². The molecule has 1 N–H and O–H groups in total. The van der Waals surface area contributed by atoms with Crippen LogP contribution < -0.4 is 5.32 Å². The molecule has 0 aliphatic carbocycles. The standard InChI is InChI=1S/C20H17NO5/c1-13-4-6-14(7-5-13)8-11-18(22)21-17-12-15(19(23)25-2)9-10-16(17)20(24)26-3/h4-7,9-10,12H,1-3H3,(H,21,22). The summed E-state index contributed by atoms with van der Waals surface area (Å²) in [5, 5.41) is 2.51. The third kappa shape index (κ3) is 4.71. The topological polar surface area (TPSA) is 81.7 Å². The highest BCUT2D eigenvalue weighted by molar-refractivity contribution is 6.09. The highest BCUT2D eigenvalue weighted by Crippen LogP contribution is 2.19. The summed E-state index contributed by atoms with van der Waals surface area (Å²) in [6.45, 7) is 1.95. The lowest BCUT2D eigenvalue weighted by atomic mass is 10.1. The van der Waals surface area contributed by atoms with Crippen molar-refractivity contribution in [1.82, 2.24) is 0 Å². The normalized spacial score (nSPS) is 9.50. The first-order chi connectivity index (χ1) is 12.4. The summed E-state index contributed by atoms with van der Waals surface area (Å²) in [7, 11) is 2.46. The van der Waals surface area contributed by atoms with Crippen molar-refractivity contribution in [2.45, 2.75) is 6.92 Å². The monoisotopic (exact) mass is 351 g/mol. The number of methoxy groups -OCH3 is 2. The molecule has 6 heteroatoms. The Morgan fingerprint density at radius 2 is 1.58 bits per heavy atom. The van der Waals surface area contributed by atoms with Crippen LogP contribution >= 0.6 is 0 Å². The van der Waals surface area contributed by atoms with E-state index in [9.17, 15) is 14.4 Å². The number of carbonyl (C=O) groups excluding carboxylic acids is 3. The summed E-state index contributed by atoms with van der Waals surface area (Å²) in [4.78, 5) is 35.6. The molecule has 0 aromatic heterocycles. The zero-order valence-electron chi connectivity index (χ0n) is 14.6. The molecule has 1 amide bonds. The smallest absolute Gasteiger partial charge is 0.339 e. The van der Waals surface area contributed by atoms with E-state index in [0.29, 0.717) is 5.56 Å². The molecule has 0 fully saturated rings. The van der Waals surface area contributed by atoms with Crippen LogP contribution in [0.15, 0.2) is 42.5 Å². The number of amides is 1. The molecule has 2 aromatic carbocycles. The Kier molecular flexibility index (Phi) is 6.12. The van der Waals surface area contributed by atoms with Gasteiger partial charge in [0.1, 0.15) is 0 Å². The lowest BCUT2D eigenvalue weighted by Crippen LogP contribution is -2.15. The van der Waals surface area contributed by atoms with Gasteiger partial charge in [-0.05, 0) is 37.3 Å². The number of rotatable bonds is 3. The maximum atomic E-state index is 12.1. The molecule has 0 atom stereocenters. The van der Waals surface area contributed by atoms with E-state index in [1.54, 1.807) is 12.1 Å². The van der Waals surface area contributed by atoms with E-state index in [2.05, 4.69) is 26.6 Å². The van der Waals surface area contributed by atoms with Crippen LogP contribution in [0.3, 0.4) is 0 Å². The molecule has 0 saturated carbocycles. The molecule has 0 bridgehead atoms. The van der Waals surface area contributed by atoms with Gasteiger partial charge in [-0.2, -0.15) is 0 Å². The maximum Gasteiger partial charge on any atom is 0.339 e. The molecule has 0 aliphatic heterocycles. The fourth-order valence-electron chi connectivity index (χ4n) is 2.10. The van der Waals surface area contributed by atoms with Gasteiger partial charge < -0.3 is 14.8 Å². The third-order valence-corrected chi connectivity index (χ3v) is 3.47. The number of hydrogen-bond donors (Lipinski definition) is 1. The van der Waals surface area contributed by atoms with E-state index in [1.807, 2.05) is 19.1 Å². The minimum atomic E-state index is -0.650. The quantitative estimate of drug-likeness (QED) is 0.679. The molecule has 2 aromatic rings. The average Bonchev–Trinajstić information content (AvgIpc) is 2.66. The van der Waals surface area contributed by atoms with Gasteiger partial charge in [-0.1, -0.05) is 23.6 Å². The Morgan fingerprint density at radius 1 is 0.923 bits per heavy atom. The minimum absolute atomic E-state index is 0.102. The second-order valence-corrected chi connectivity index (χ2v) is 5.31. The maximum absolute atomic E-state index is 12.1. The number of esters is 2. The van der Waals surface area contributed by atoms with Crippen molar-refractivity contribution in [3.63, 3.8) is 0 Å². The molecular weight excluding hydrogens is 334 g/mol. The highest BCUT2D eigenvalue weighted by atomic mass is 16.5. The van der Waals surface area contributed by atoms with Crippen LogP contribution in [-0.2, 0) is 14.3 Å². The zero-order chi connectivity index (χ0) is 19.1. The van der Waals surface area contributed by atoms with Crippen molar-refractivity contribution in [1.29, 1.82) is 0 Å². The predicted molar refractivity (Wildman–Crippen MR) is 95.8 cm³/mol. The van der Waals surface area contributed by atoms with Crippen molar-refractivity contribution in [2.24, 2.45) is 0 Å². The first-order valence-electron chi connectivity index (χ1n) is 7.65.